The minimum Gasteiger partial charge on any atom is -0.390 e. The van der Waals surface area contributed by atoms with Gasteiger partial charge in [0.2, 0.25) is 0 Å². The number of hydrogen-bond donors (Lipinski definition) is 3. The van der Waals surface area contributed by atoms with E-state index in [0.717, 1.165) is 12.8 Å². The third-order valence-corrected chi connectivity index (χ3v) is 11.2. The summed E-state index contributed by atoms with van der Waals surface area (Å²) >= 11 is 0. The topological polar surface area (TPSA) is 112 Å². The van der Waals surface area contributed by atoms with E-state index in [2.05, 4.69) is 40.7 Å². The minimum absolute atomic E-state index is 0.0333. The van der Waals surface area contributed by atoms with Crippen molar-refractivity contribution in [2.45, 2.75) is 111 Å². The Morgan fingerprint density at radius 1 is 1.09 bits per heavy atom. The first kappa shape index (κ1) is 26.7. The van der Waals surface area contributed by atoms with E-state index in [9.17, 15) is 29.7 Å². The lowest BCUT2D eigenvalue weighted by atomic mass is 9.39. The molecule has 0 aliphatic heterocycles. The monoisotopic (exact) mass is 488 g/mol. The summed E-state index contributed by atoms with van der Waals surface area (Å²) in [5, 5.41) is 31.5. The fourth-order valence-corrected chi connectivity index (χ4v) is 8.68. The van der Waals surface area contributed by atoms with E-state index in [1.165, 1.54) is 19.4 Å². The first-order chi connectivity index (χ1) is 15.9. The number of carbonyl (C=O) groups excluding carboxylic acids is 3. The van der Waals surface area contributed by atoms with Crippen LogP contribution in [-0.4, -0.2) is 50.5 Å². The highest BCUT2D eigenvalue weighted by Crippen LogP contribution is 2.73. The lowest BCUT2D eigenvalue weighted by Gasteiger charge is -2.64. The highest BCUT2D eigenvalue weighted by molar-refractivity contribution is 5.91. The molecule has 0 spiro atoms. The van der Waals surface area contributed by atoms with Gasteiger partial charge in [0.15, 0.2) is 5.78 Å². The molecule has 0 heterocycles. The van der Waals surface area contributed by atoms with Crippen molar-refractivity contribution in [3.05, 3.63) is 11.6 Å². The lowest BCUT2D eigenvalue weighted by Crippen LogP contribution is -2.63. The smallest absolute Gasteiger partial charge is 0.164 e. The second-order valence-corrected chi connectivity index (χ2v) is 14.0. The Labute approximate surface area is 209 Å². The van der Waals surface area contributed by atoms with Gasteiger partial charge in [0, 0.05) is 31.1 Å². The van der Waals surface area contributed by atoms with E-state index >= 15 is 0 Å². The van der Waals surface area contributed by atoms with Crippen molar-refractivity contribution in [1.82, 2.24) is 0 Å². The highest BCUT2D eigenvalue weighted by Gasteiger charge is 2.71. The number of aliphatic hydroxyl groups excluding tert-OH is 2. The van der Waals surface area contributed by atoms with E-state index < -0.39 is 40.3 Å². The first-order valence-corrected chi connectivity index (χ1v) is 13.3. The molecule has 6 nitrogen and oxygen atoms in total. The molecule has 0 amide bonds. The van der Waals surface area contributed by atoms with Crippen LogP contribution < -0.4 is 0 Å². The summed E-state index contributed by atoms with van der Waals surface area (Å²) in [5.74, 6) is -0.559. The van der Waals surface area contributed by atoms with Crippen LogP contribution >= 0.6 is 0 Å². The van der Waals surface area contributed by atoms with E-state index in [4.69, 9.17) is 0 Å². The zero-order chi connectivity index (χ0) is 26.4. The van der Waals surface area contributed by atoms with Crippen molar-refractivity contribution >= 4 is 17.3 Å². The minimum atomic E-state index is -1.44. The van der Waals surface area contributed by atoms with Crippen LogP contribution in [0.15, 0.2) is 11.6 Å². The predicted molar refractivity (Wildman–Crippen MR) is 132 cm³/mol. The summed E-state index contributed by atoms with van der Waals surface area (Å²) < 4.78 is 0. The maximum atomic E-state index is 14.1. The molecule has 3 saturated carbocycles. The number of hydrogen-bond acceptors (Lipinski definition) is 6. The Kier molecular flexibility index (Phi) is 6.15. The van der Waals surface area contributed by atoms with E-state index in [-0.39, 0.29) is 47.1 Å². The molecule has 6 heteroatoms. The summed E-state index contributed by atoms with van der Waals surface area (Å²) in [5.41, 5.74) is -1.90. The molecule has 8 unspecified atom stereocenters. The zero-order valence-corrected chi connectivity index (χ0v) is 22.5. The van der Waals surface area contributed by atoms with Gasteiger partial charge in [0.05, 0.1) is 11.7 Å². The Morgan fingerprint density at radius 2 is 1.71 bits per heavy atom. The zero-order valence-electron chi connectivity index (χ0n) is 22.5. The van der Waals surface area contributed by atoms with Crippen LogP contribution in [0.1, 0.15) is 93.4 Å². The van der Waals surface area contributed by atoms with Gasteiger partial charge in [0.1, 0.15) is 17.7 Å². The van der Waals surface area contributed by atoms with Crippen LogP contribution in [0, 0.1) is 39.4 Å². The van der Waals surface area contributed by atoms with Gasteiger partial charge < -0.3 is 15.3 Å². The maximum absolute atomic E-state index is 14.1. The van der Waals surface area contributed by atoms with Gasteiger partial charge in [-0.25, -0.2) is 0 Å². The Hall–Kier alpha value is -1.37. The molecule has 0 saturated heterocycles. The number of carbonyl (C=O) groups is 3. The first-order valence-electron chi connectivity index (χ1n) is 13.3. The third kappa shape index (κ3) is 3.73. The molecule has 3 N–H and O–H groups in total. The summed E-state index contributed by atoms with van der Waals surface area (Å²) in [6.45, 7) is 13.5. The maximum Gasteiger partial charge on any atom is 0.164 e. The van der Waals surface area contributed by atoms with Gasteiger partial charge in [0.25, 0.3) is 0 Å². The van der Waals surface area contributed by atoms with E-state index in [0.29, 0.717) is 19.3 Å². The number of rotatable bonds is 5. The summed E-state index contributed by atoms with van der Waals surface area (Å²) in [6.07, 6.45) is 2.82. The Bertz CT molecular complexity index is 972. The molecular formula is C29H44O6. The van der Waals surface area contributed by atoms with Crippen molar-refractivity contribution in [2.24, 2.45) is 39.4 Å². The van der Waals surface area contributed by atoms with Crippen LogP contribution in [0.2, 0.25) is 0 Å². The van der Waals surface area contributed by atoms with Crippen molar-refractivity contribution in [3.8, 4) is 0 Å². The molecule has 0 aromatic rings. The molecule has 8 atom stereocenters. The van der Waals surface area contributed by atoms with Crippen LogP contribution in [0.25, 0.3) is 0 Å². The van der Waals surface area contributed by atoms with Crippen LogP contribution in [0.5, 0.6) is 0 Å². The van der Waals surface area contributed by atoms with Crippen LogP contribution in [0.3, 0.4) is 0 Å². The molecule has 0 aromatic carbocycles. The van der Waals surface area contributed by atoms with Crippen molar-refractivity contribution < 1.29 is 29.7 Å². The SMILES string of the molecule is CC1(C)CC(=O)CC2C1=CCC1C2(C)C(=O)CC2(C)C(C(O)C(=O)CC(O)C(C)(C)O)CCC12C. The Balaban J connectivity index is 1.68. The second-order valence-electron chi connectivity index (χ2n) is 14.0. The molecular weight excluding hydrogens is 444 g/mol. The molecule has 0 aromatic heterocycles. The van der Waals surface area contributed by atoms with Gasteiger partial charge in [-0.05, 0) is 67.1 Å². The van der Waals surface area contributed by atoms with E-state index in [1.807, 2.05) is 0 Å². The van der Waals surface area contributed by atoms with Crippen LogP contribution in [-0.2, 0) is 14.4 Å². The van der Waals surface area contributed by atoms with Gasteiger partial charge in [-0.15, -0.1) is 0 Å². The molecule has 4 aliphatic carbocycles. The predicted octanol–water partition coefficient (Wildman–Crippen LogP) is 3.79. The van der Waals surface area contributed by atoms with Gasteiger partial charge in [-0.3, -0.25) is 14.4 Å². The number of ketones is 3. The highest BCUT2D eigenvalue weighted by atomic mass is 16.3. The number of aliphatic hydroxyl groups is 3. The average molecular weight is 489 g/mol. The largest absolute Gasteiger partial charge is 0.390 e. The van der Waals surface area contributed by atoms with Gasteiger partial charge in [-0.1, -0.05) is 46.3 Å². The molecule has 196 valence electrons. The summed E-state index contributed by atoms with van der Waals surface area (Å²) in [6, 6.07) is 0. The molecule has 35 heavy (non-hydrogen) atoms. The fraction of sp³-hybridized carbons (Fsp3) is 0.828. The Morgan fingerprint density at radius 3 is 2.31 bits per heavy atom. The number of fused-ring (bicyclic) bond motifs is 5. The summed E-state index contributed by atoms with van der Waals surface area (Å²) in [4.78, 5) is 39.8. The number of Topliss-reactive ketones (excluding diaryl/α,β-unsaturated/α-hetero) is 3. The third-order valence-electron chi connectivity index (χ3n) is 11.2. The van der Waals surface area contributed by atoms with Crippen molar-refractivity contribution in [2.75, 3.05) is 0 Å². The summed E-state index contributed by atoms with van der Waals surface area (Å²) in [7, 11) is 0. The standard InChI is InChI=1S/C29H44O6/c1-25(2)14-16(30)12-19-17(25)8-9-21-27(5)11-10-18(28(27,6)15-23(33)29(19,21)7)24(34)20(31)13-22(32)26(3,4)35/h8,18-19,21-22,24,32,34-35H,9-15H2,1-7H3. The van der Waals surface area contributed by atoms with Crippen molar-refractivity contribution in [1.29, 1.82) is 0 Å². The van der Waals surface area contributed by atoms with Crippen molar-refractivity contribution in [3.63, 3.8) is 0 Å². The van der Waals surface area contributed by atoms with Gasteiger partial charge in [-0.2, -0.15) is 0 Å². The molecule has 4 aliphatic rings. The fourth-order valence-electron chi connectivity index (χ4n) is 8.68. The molecule has 0 radical (unpaired) electrons. The average Bonchev–Trinajstić information content (AvgIpc) is 2.98. The quantitative estimate of drug-likeness (QED) is 0.508. The van der Waals surface area contributed by atoms with E-state index in [1.54, 1.807) is 0 Å². The number of allylic oxidation sites excluding steroid dienone is 2. The van der Waals surface area contributed by atoms with Gasteiger partial charge >= 0.3 is 0 Å². The molecule has 4 rings (SSSR count). The molecule has 0 bridgehead atoms. The normalized spacial score (nSPS) is 42.5. The lowest BCUT2D eigenvalue weighted by molar-refractivity contribution is -0.174. The molecule has 3 fully saturated rings. The van der Waals surface area contributed by atoms with Crippen LogP contribution in [0.4, 0.5) is 0 Å². The second kappa shape index (κ2) is 8.06.